The van der Waals surface area contributed by atoms with Crippen molar-refractivity contribution in [2.75, 3.05) is 17.7 Å². The van der Waals surface area contributed by atoms with Crippen LogP contribution in [0, 0.1) is 5.82 Å². The van der Waals surface area contributed by atoms with Crippen LogP contribution in [-0.4, -0.2) is 52.1 Å². The van der Waals surface area contributed by atoms with E-state index in [-0.39, 0.29) is 51.4 Å². The van der Waals surface area contributed by atoms with Crippen LogP contribution >= 0.6 is 34.5 Å². The Hall–Kier alpha value is -4.41. The Morgan fingerprint density at radius 2 is 1.90 bits per heavy atom. The third-order valence-electron chi connectivity index (χ3n) is 5.40. The Morgan fingerprint density at radius 1 is 1.10 bits per heavy atom. The molecule has 0 unspecified atom stereocenters. The number of carbonyl (C=O) groups excluding carboxylic acids is 1. The summed E-state index contributed by atoms with van der Waals surface area (Å²) in [7, 11) is 2.87. The molecule has 0 atom stereocenters. The molecular formula is C22H17Cl2FN10O4S. The minimum Gasteiger partial charge on any atom is -0.453 e. The third kappa shape index (κ3) is 5.63. The highest BCUT2D eigenvalue weighted by Crippen LogP contribution is 2.34. The van der Waals surface area contributed by atoms with Crippen LogP contribution in [0.5, 0.6) is 0 Å². The molecule has 0 spiro atoms. The summed E-state index contributed by atoms with van der Waals surface area (Å²) in [6.45, 7) is -0.468. The number of thiazole rings is 1. The molecule has 4 heterocycles. The van der Waals surface area contributed by atoms with Crippen LogP contribution in [0.1, 0.15) is 11.5 Å². The zero-order chi connectivity index (χ0) is 28.6. The smallest absolute Gasteiger partial charge is 0.413 e. The molecule has 0 radical (unpaired) electrons. The van der Waals surface area contributed by atoms with Crippen LogP contribution in [0.2, 0.25) is 10.0 Å². The standard InChI is InChI=1S/C22H17Cl2FN10O4S/c1-33-9-27-17(32-33)8-35-20(36)30-18(34(22(35)38)7-10-3-11(23)13(25)6-26-10)28-14-5-16-15(4-12(14)24)29-19(40-16)31-21(37)39-2/h3-6,9H,7-8H2,1-2H3,(H,28,30,36)(H,29,31,37). The van der Waals surface area contributed by atoms with Gasteiger partial charge in [0, 0.05) is 7.05 Å². The number of methoxy groups -OCH3 is 1. The number of hydrogen-bond donors (Lipinski definition) is 2. The van der Waals surface area contributed by atoms with Gasteiger partial charge in [-0.3, -0.25) is 19.5 Å². The first-order chi connectivity index (χ1) is 19.1. The predicted octanol–water partition coefficient (Wildman–Crippen LogP) is 3.00. The van der Waals surface area contributed by atoms with E-state index in [0.29, 0.717) is 10.2 Å². The maximum absolute atomic E-state index is 13.7. The highest BCUT2D eigenvalue weighted by molar-refractivity contribution is 7.22. The molecule has 2 N–H and O–H groups in total. The van der Waals surface area contributed by atoms with Gasteiger partial charge in [0.25, 0.3) is 0 Å². The van der Waals surface area contributed by atoms with E-state index in [1.807, 2.05) is 0 Å². The number of aromatic nitrogens is 8. The lowest BCUT2D eigenvalue weighted by Crippen LogP contribution is -2.43. The Bertz CT molecular complexity index is 1890. The van der Waals surface area contributed by atoms with Crippen molar-refractivity contribution >= 4 is 67.6 Å². The Balaban J connectivity index is 1.57. The second-order valence-corrected chi connectivity index (χ2v) is 10.0. The number of carbonyl (C=O) groups is 1. The van der Waals surface area contributed by atoms with Gasteiger partial charge in [-0.05, 0) is 18.2 Å². The Kier molecular flexibility index (Phi) is 7.46. The second-order valence-electron chi connectivity index (χ2n) is 8.16. The summed E-state index contributed by atoms with van der Waals surface area (Å²) < 4.78 is 22.3. The summed E-state index contributed by atoms with van der Waals surface area (Å²) in [5, 5.41) is 9.78. The van der Waals surface area contributed by atoms with Crippen molar-refractivity contribution in [1.29, 1.82) is 0 Å². The van der Waals surface area contributed by atoms with E-state index in [1.165, 1.54) is 30.3 Å². The number of aryl methyl sites for hydroxylation is 1. The van der Waals surface area contributed by atoms with Crippen LogP contribution in [0.4, 0.5) is 26.0 Å². The van der Waals surface area contributed by atoms with Gasteiger partial charge in [-0.15, -0.1) is 0 Å². The van der Waals surface area contributed by atoms with E-state index in [4.69, 9.17) is 23.2 Å². The molecule has 0 aliphatic carbocycles. The number of amides is 1. The van der Waals surface area contributed by atoms with Gasteiger partial charge in [-0.25, -0.2) is 33.3 Å². The van der Waals surface area contributed by atoms with Gasteiger partial charge in [0.2, 0.25) is 5.95 Å². The van der Waals surface area contributed by atoms with Crippen molar-refractivity contribution < 1.29 is 13.9 Å². The van der Waals surface area contributed by atoms with E-state index >= 15 is 0 Å². The van der Waals surface area contributed by atoms with Gasteiger partial charge in [0.15, 0.2) is 16.8 Å². The van der Waals surface area contributed by atoms with Gasteiger partial charge in [0.1, 0.15) is 6.33 Å². The minimum absolute atomic E-state index is 0.166. The summed E-state index contributed by atoms with van der Waals surface area (Å²) in [5.41, 5.74) is -0.642. The molecule has 0 bridgehead atoms. The second kappa shape index (κ2) is 11.0. The zero-order valence-electron chi connectivity index (χ0n) is 20.6. The van der Waals surface area contributed by atoms with Crippen molar-refractivity contribution in [1.82, 2.24) is 38.9 Å². The summed E-state index contributed by atoms with van der Waals surface area (Å²) in [6.07, 6.45) is 1.66. The third-order valence-corrected chi connectivity index (χ3v) is 6.94. The van der Waals surface area contributed by atoms with E-state index in [2.05, 4.69) is 40.4 Å². The van der Waals surface area contributed by atoms with Crippen molar-refractivity contribution in [2.45, 2.75) is 13.1 Å². The lowest BCUT2D eigenvalue weighted by molar-refractivity contribution is 0.187. The number of halogens is 3. The maximum Gasteiger partial charge on any atom is 0.413 e. The number of fused-ring (bicyclic) bond motifs is 1. The molecule has 5 aromatic rings. The normalized spacial score (nSPS) is 11.1. The minimum atomic E-state index is -0.874. The van der Waals surface area contributed by atoms with Gasteiger partial charge in [-0.1, -0.05) is 34.5 Å². The molecule has 206 valence electrons. The van der Waals surface area contributed by atoms with Gasteiger partial charge in [-0.2, -0.15) is 10.1 Å². The van der Waals surface area contributed by atoms with Crippen LogP contribution < -0.4 is 22.0 Å². The molecule has 40 heavy (non-hydrogen) atoms. The molecule has 1 aromatic carbocycles. The molecule has 14 nitrogen and oxygen atoms in total. The first-order valence-electron chi connectivity index (χ1n) is 11.2. The molecule has 5 rings (SSSR count). The largest absolute Gasteiger partial charge is 0.453 e. The lowest BCUT2D eigenvalue weighted by Gasteiger charge is -2.16. The first kappa shape index (κ1) is 27.2. The zero-order valence-corrected chi connectivity index (χ0v) is 22.9. The molecule has 0 aliphatic heterocycles. The molecular weight excluding hydrogens is 590 g/mol. The fourth-order valence-electron chi connectivity index (χ4n) is 3.56. The van der Waals surface area contributed by atoms with Gasteiger partial charge >= 0.3 is 17.5 Å². The van der Waals surface area contributed by atoms with Gasteiger partial charge < -0.3 is 10.1 Å². The fourth-order valence-corrected chi connectivity index (χ4v) is 4.81. The number of nitrogens with zero attached hydrogens (tertiary/aromatic N) is 8. The lowest BCUT2D eigenvalue weighted by atomic mass is 10.3. The number of pyridine rings is 1. The summed E-state index contributed by atoms with van der Waals surface area (Å²) >= 11 is 13.5. The Labute approximate surface area is 237 Å². The van der Waals surface area contributed by atoms with Crippen LogP contribution in [0.15, 0.2) is 40.3 Å². The van der Waals surface area contributed by atoms with E-state index < -0.39 is 23.3 Å². The number of hydrogen-bond acceptors (Lipinski definition) is 11. The van der Waals surface area contributed by atoms with E-state index in [1.54, 1.807) is 13.1 Å². The first-order valence-corrected chi connectivity index (χ1v) is 12.8. The van der Waals surface area contributed by atoms with Crippen LogP contribution in [0.3, 0.4) is 0 Å². The highest BCUT2D eigenvalue weighted by atomic mass is 35.5. The van der Waals surface area contributed by atoms with Crippen molar-refractivity contribution in [2.24, 2.45) is 7.05 Å². The number of benzene rings is 1. The molecule has 0 aliphatic rings. The van der Waals surface area contributed by atoms with E-state index in [9.17, 15) is 18.8 Å². The molecule has 18 heteroatoms. The Morgan fingerprint density at radius 3 is 2.60 bits per heavy atom. The molecule has 0 saturated heterocycles. The molecule has 1 amide bonds. The average Bonchev–Trinajstić information content (AvgIpc) is 3.50. The van der Waals surface area contributed by atoms with Crippen LogP contribution in [-0.2, 0) is 24.9 Å². The van der Waals surface area contributed by atoms with Gasteiger partial charge in [0.05, 0.1) is 58.0 Å². The number of ether oxygens (including phenoxy) is 1. The topological polar surface area (TPSA) is 164 Å². The SMILES string of the molecule is COC(=O)Nc1nc2cc(Cl)c(Nc3nc(=O)n(Cc4ncn(C)n4)c(=O)n3Cc3cc(Cl)c(F)cn3)cc2s1. The quantitative estimate of drug-likeness (QED) is 0.281. The maximum atomic E-state index is 13.7. The van der Waals surface area contributed by atoms with E-state index in [0.717, 1.165) is 26.7 Å². The summed E-state index contributed by atoms with van der Waals surface area (Å²) in [4.78, 5) is 54.5. The van der Waals surface area contributed by atoms with Crippen molar-refractivity contribution in [3.63, 3.8) is 0 Å². The predicted molar refractivity (Wildman–Crippen MR) is 145 cm³/mol. The molecule has 0 saturated carbocycles. The average molecular weight is 607 g/mol. The number of rotatable bonds is 7. The number of nitrogens with one attached hydrogen (secondary N) is 2. The van der Waals surface area contributed by atoms with Crippen molar-refractivity contribution in [3.05, 3.63) is 79.1 Å². The summed E-state index contributed by atoms with van der Waals surface area (Å²) in [5.74, 6) is -0.680. The molecule has 4 aromatic heterocycles. The highest BCUT2D eigenvalue weighted by Gasteiger charge is 2.19. The molecule has 0 fully saturated rings. The van der Waals surface area contributed by atoms with Crippen molar-refractivity contribution in [3.8, 4) is 0 Å². The monoisotopic (exact) mass is 606 g/mol. The summed E-state index contributed by atoms with van der Waals surface area (Å²) in [6, 6.07) is 4.41. The fraction of sp³-hybridized carbons (Fsp3) is 0.182. The van der Waals surface area contributed by atoms with Crippen LogP contribution in [0.25, 0.3) is 10.2 Å². The number of anilines is 3.